The lowest BCUT2D eigenvalue weighted by molar-refractivity contribution is -0.134. The molecule has 2 aromatic rings. The molecule has 2 fully saturated rings. The van der Waals surface area contributed by atoms with Crippen molar-refractivity contribution in [1.29, 1.82) is 0 Å². The average Bonchev–Trinajstić information content (AvgIpc) is 3.47. The van der Waals surface area contributed by atoms with Crippen molar-refractivity contribution in [2.75, 3.05) is 40.6 Å². The van der Waals surface area contributed by atoms with E-state index in [1.54, 1.807) is 48.5 Å². The molecule has 4 rings (SSSR count). The van der Waals surface area contributed by atoms with Crippen molar-refractivity contribution in [2.24, 2.45) is 11.8 Å². The molecule has 2 aliphatic heterocycles. The number of rotatable bonds is 17. The summed E-state index contributed by atoms with van der Waals surface area (Å²) in [4.78, 5) is 76.6. The Kier molecular flexibility index (Phi) is 13.2. The molecule has 246 valence electrons. The van der Waals surface area contributed by atoms with Crippen LogP contribution in [-0.4, -0.2) is 84.8 Å². The van der Waals surface area contributed by atoms with Gasteiger partial charge in [-0.25, -0.2) is 18.2 Å². The molecule has 0 saturated carbocycles. The number of hydrogen-bond acceptors (Lipinski definition) is 12. The topological polar surface area (TPSA) is 146 Å². The summed E-state index contributed by atoms with van der Waals surface area (Å²) in [5, 5.41) is 0. The van der Waals surface area contributed by atoms with Gasteiger partial charge < -0.3 is 18.9 Å². The van der Waals surface area contributed by atoms with Gasteiger partial charge in [0, 0.05) is 48.7 Å². The van der Waals surface area contributed by atoms with E-state index < -0.39 is 23.8 Å². The molecule has 2 aliphatic rings. The van der Waals surface area contributed by atoms with E-state index in [9.17, 15) is 28.8 Å². The SMILES string of the molecule is COCCOC(=O)c1ccc(SN2C(=O)CC(CCCCC3CC(=O)N(Sc4ccc(C(=O)OCCOC)cc4)C3=O)C2=O)cc1. The molecular formula is C32H36N2O10S2. The average molecular weight is 673 g/mol. The van der Waals surface area contributed by atoms with Gasteiger partial charge in [0.05, 0.1) is 24.3 Å². The maximum absolute atomic E-state index is 13.0. The lowest BCUT2D eigenvalue weighted by Gasteiger charge is -2.14. The monoisotopic (exact) mass is 672 g/mol. The van der Waals surface area contributed by atoms with Crippen LogP contribution in [0, 0.1) is 11.8 Å². The summed E-state index contributed by atoms with van der Waals surface area (Å²) in [5.74, 6) is -2.93. The fraction of sp³-hybridized carbons (Fsp3) is 0.438. The number of benzene rings is 2. The maximum Gasteiger partial charge on any atom is 0.338 e. The van der Waals surface area contributed by atoms with Crippen LogP contribution in [0.15, 0.2) is 58.3 Å². The number of ether oxygens (including phenoxy) is 4. The van der Waals surface area contributed by atoms with Crippen molar-refractivity contribution < 1.29 is 47.7 Å². The molecule has 4 amide bonds. The van der Waals surface area contributed by atoms with Crippen LogP contribution in [0.25, 0.3) is 0 Å². The van der Waals surface area contributed by atoms with Crippen LogP contribution < -0.4 is 0 Å². The molecule has 2 saturated heterocycles. The van der Waals surface area contributed by atoms with Crippen molar-refractivity contribution in [3.63, 3.8) is 0 Å². The van der Waals surface area contributed by atoms with Gasteiger partial charge in [-0.05, 0) is 85.3 Å². The highest BCUT2D eigenvalue weighted by Crippen LogP contribution is 2.36. The molecule has 12 nitrogen and oxygen atoms in total. The molecule has 2 unspecified atom stereocenters. The van der Waals surface area contributed by atoms with Gasteiger partial charge in [-0.2, -0.15) is 0 Å². The number of esters is 2. The first-order valence-electron chi connectivity index (χ1n) is 14.8. The molecule has 0 spiro atoms. The fourth-order valence-corrected chi connectivity index (χ4v) is 6.65. The fourth-order valence-electron chi connectivity index (χ4n) is 4.88. The number of methoxy groups -OCH3 is 2. The Bertz CT molecular complexity index is 1310. The minimum atomic E-state index is -0.485. The van der Waals surface area contributed by atoms with Crippen LogP contribution in [0.1, 0.15) is 59.2 Å². The van der Waals surface area contributed by atoms with Crippen molar-refractivity contribution in [3.8, 4) is 0 Å². The first kappa shape index (κ1) is 35.1. The second-order valence-corrected chi connectivity index (χ2v) is 12.7. The Morgan fingerprint density at radius 3 is 1.35 bits per heavy atom. The summed E-state index contributed by atoms with van der Waals surface area (Å²) in [7, 11) is 3.03. The van der Waals surface area contributed by atoms with E-state index in [1.807, 2.05) is 0 Å². The number of hydrogen-bond donors (Lipinski definition) is 0. The van der Waals surface area contributed by atoms with E-state index in [0.29, 0.717) is 59.8 Å². The van der Waals surface area contributed by atoms with Gasteiger partial charge in [0.25, 0.3) is 0 Å². The molecule has 2 heterocycles. The summed E-state index contributed by atoms with van der Waals surface area (Å²) >= 11 is 2.05. The van der Waals surface area contributed by atoms with Crippen molar-refractivity contribution in [3.05, 3.63) is 59.7 Å². The number of imide groups is 2. The van der Waals surface area contributed by atoms with Crippen molar-refractivity contribution in [2.45, 2.75) is 48.3 Å². The third kappa shape index (κ3) is 9.41. The summed E-state index contributed by atoms with van der Waals surface area (Å²) in [6, 6.07) is 12.9. The first-order chi connectivity index (χ1) is 22.2. The van der Waals surface area contributed by atoms with Crippen molar-refractivity contribution in [1.82, 2.24) is 8.61 Å². The maximum atomic E-state index is 13.0. The van der Waals surface area contributed by atoms with Crippen LogP contribution in [0.3, 0.4) is 0 Å². The highest BCUT2D eigenvalue weighted by molar-refractivity contribution is 7.98. The van der Waals surface area contributed by atoms with Crippen LogP contribution in [0.4, 0.5) is 0 Å². The number of nitrogens with zero attached hydrogens (tertiary/aromatic N) is 2. The molecule has 0 N–H and O–H groups in total. The Hall–Kier alpha value is -3.72. The van der Waals surface area contributed by atoms with Gasteiger partial charge in [0.1, 0.15) is 13.2 Å². The zero-order valence-corrected chi connectivity index (χ0v) is 27.3. The second kappa shape index (κ2) is 17.3. The van der Waals surface area contributed by atoms with Gasteiger partial charge in [0.15, 0.2) is 0 Å². The zero-order valence-electron chi connectivity index (χ0n) is 25.6. The zero-order chi connectivity index (χ0) is 33.1. The highest BCUT2D eigenvalue weighted by atomic mass is 32.2. The third-order valence-corrected chi connectivity index (χ3v) is 9.46. The molecule has 2 aromatic carbocycles. The largest absolute Gasteiger partial charge is 0.460 e. The first-order valence-corrected chi connectivity index (χ1v) is 16.4. The second-order valence-electron chi connectivity index (χ2n) is 10.6. The molecule has 0 radical (unpaired) electrons. The van der Waals surface area contributed by atoms with Gasteiger partial charge >= 0.3 is 11.9 Å². The lowest BCUT2D eigenvalue weighted by Crippen LogP contribution is -2.24. The minimum absolute atomic E-state index is 0.116. The van der Waals surface area contributed by atoms with Crippen LogP contribution >= 0.6 is 23.9 Å². The Labute approximate surface area is 275 Å². The van der Waals surface area contributed by atoms with Crippen LogP contribution in [0.2, 0.25) is 0 Å². The van der Waals surface area contributed by atoms with E-state index in [-0.39, 0.29) is 49.7 Å². The molecule has 0 aromatic heterocycles. The summed E-state index contributed by atoms with van der Waals surface area (Å²) in [6.45, 7) is 0.879. The van der Waals surface area contributed by atoms with E-state index in [2.05, 4.69) is 0 Å². The van der Waals surface area contributed by atoms with Gasteiger partial charge in [-0.1, -0.05) is 12.8 Å². The molecule has 0 aliphatic carbocycles. The van der Waals surface area contributed by atoms with Crippen LogP contribution in [-0.2, 0) is 38.1 Å². The normalized spacial score (nSPS) is 18.0. The van der Waals surface area contributed by atoms with Gasteiger partial charge in [-0.15, -0.1) is 0 Å². The summed E-state index contributed by atoms with van der Waals surface area (Å²) < 4.78 is 22.2. The predicted molar refractivity (Wildman–Crippen MR) is 167 cm³/mol. The smallest absolute Gasteiger partial charge is 0.338 e. The molecule has 2 atom stereocenters. The van der Waals surface area contributed by atoms with E-state index in [4.69, 9.17) is 18.9 Å². The van der Waals surface area contributed by atoms with Gasteiger partial charge in [-0.3, -0.25) is 19.2 Å². The highest BCUT2D eigenvalue weighted by Gasteiger charge is 2.40. The third-order valence-electron chi connectivity index (χ3n) is 7.36. The number of unbranched alkanes of at least 4 members (excludes halogenated alkanes) is 1. The quantitative estimate of drug-likeness (QED) is 0.102. The number of carbonyl (C=O) groups is 6. The standard InChI is InChI=1S/C32H36N2O10S2/c1-41-15-17-43-31(39)21-7-11-25(12-8-21)45-33-27(35)19-23(29(33)37)5-3-4-6-24-20-28(36)34(30(24)38)46-26-13-9-22(10-14-26)32(40)44-18-16-42-2/h7-14,23-24H,3-6,15-20H2,1-2H3. The minimum Gasteiger partial charge on any atom is -0.460 e. The molecule has 46 heavy (non-hydrogen) atoms. The summed E-state index contributed by atoms with van der Waals surface area (Å²) in [6.07, 6.45) is 2.50. The Balaban J connectivity index is 1.19. The summed E-state index contributed by atoms with van der Waals surface area (Å²) in [5.41, 5.74) is 0.710. The van der Waals surface area contributed by atoms with E-state index in [1.165, 1.54) is 22.8 Å². The molecule has 0 bridgehead atoms. The van der Waals surface area contributed by atoms with Crippen molar-refractivity contribution >= 4 is 59.5 Å². The Morgan fingerprint density at radius 1 is 0.630 bits per heavy atom. The number of amides is 4. The van der Waals surface area contributed by atoms with Gasteiger partial charge in [0.2, 0.25) is 23.6 Å². The van der Waals surface area contributed by atoms with E-state index in [0.717, 1.165) is 23.9 Å². The molecule has 14 heteroatoms. The van der Waals surface area contributed by atoms with Crippen LogP contribution in [0.5, 0.6) is 0 Å². The lowest BCUT2D eigenvalue weighted by atomic mass is 9.95. The Morgan fingerprint density at radius 2 is 1.00 bits per heavy atom. The number of carbonyl (C=O) groups excluding carboxylic acids is 6. The predicted octanol–water partition coefficient (Wildman–Crippen LogP) is 4.32. The van der Waals surface area contributed by atoms with E-state index >= 15 is 0 Å². The molecular weight excluding hydrogens is 636 g/mol.